The highest BCUT2D eigenvalue weighted by molar-refractivity contribution is 6.32. The van der Waals surface area contributed by atoms with Crippen molar-refractivity contribution in [3.8, 4) is 11.5 Å². The number of nitrogen functional groups attached to an aromatic ring is 1. The molecule has 0 radical (unpaired) electrons. The summed E-state index contributed by atoms with van der Waals surface area (Å²) in [6.45, 7) is 4.06. The van der Waals surface area contributed by atoms with E-state index in [0.29, 0.717) is 17.1 Å². The van der Waals surface area contributed by atoms with Gasteiger partial charge in [0, 0.05) is 13.1 Å². The lowest BCUT2D eigenvalue weighted by atomic mass is 10.1. The minimum atomic E-state index is 0.0940. The lowest BCUT2D eigenvalue weighted by molar-refractivity contribution is 0.419. The van der Waals surface area contributed by atoms with Crippen LogP contribution in [0.25, 0.3) is 11.5 Å². The third-order valence-corrected chi connectivity index (χ3v) is 2.76. The lowest BCUT2D eigenvalue weighted by Gasteiger charge is -2.07. The summed E-state index contributed by atoms with van der Waals surface area (Å²) in [7, 11) is 1.73. The highest BCUT2D eigenvalue weighted by Crippen LogP contribution is 2.32. The zero-order valence-corrected chi connectivity index (χ0v) is 11.1. The largest absolute Gasteiger partial charge is 0.384 e. The molecule has 0 fully saturated rings. The van der Waals surface area contributed by atoms with Crippen LogP contribution in [0, 0.1) is 0 Å². The molecule has 18 heavy (non-hydrogen) atoms. The molecule has 2 aromatic rings. The van der Waals surface area contributed by atoms with Gasteiger partial charge in [-0.3, -0.25) is 0 Å². The third-order valence-electron chi connectivity index (χ3n) is 2.49. The maximum absolute atomic E-state index is 6.00. The first-order valence-corrected chi connectivity index (χ1v) is 5.88. The Kier molecular flexibility index (Phi) is 3.38. The van der Waals surface area contributed by atoms with Gasteiger partial charge in [0.05, 0.1) is 5.69 Å². The Morgan fingerprint density at radius 3 is 2.67 bits per heavy atom. The summed E-state index contributed by atoms with van der Waals surface area (Å²) in [5.41, 5.74) is 7.51. The van der Waals surface area contributed by atoms with E-state index in [2.05, 4.69) is 20.4 Å². The molecule has 0 bridgehead atoms. The number of hydrogen-bond acceptors (Lipinski definition) is 6. The molecule has 0 aromatic carbocycles. The molecular formula is C11H14ClN5O. The van der Waals surface area contributed by atoms with E-state index < -0.39 is 0 Å². The second-order valence-corrected chi connectivity index (χ2v) is 4.47. The maximum atomic E-state index is 6.00. The molecule has 2 heterocycles. The van der Waals surface area contributed by atoms with Crippen molar-refractivity contribution in [1.82, 2.24) is 15.1 Å². The van der Waals surface area contributed by atoms with E-state index in [9.17, 15) is 0 Å². The van der Waals surface area contributed by atoms with E-state index in [1.165, 1.54) is 0 Å². The van der Waals surface area contributed by atoms with Crippen LogP contribution in [-0.2, 0) is 0 Å². The third kappa shape index (κ3) is 2.24. The molecule has 0 unspecified atom stereocenters. The first-order chi connectivity index (χ1) is 8.52. The standard InChI is InChI=1S/C11H14ClN5O/c1-5(2)6-4-7(18-17-6)8-9(14-3)10(12)16-11(13)15-8/h4-5,14H,1-3H3,(H2,13,15,16). The van der Waals surface area contributed by atoms with Crippen molar-refractivity contribution >= 4 is 23.2 Å². The Bertz CT molecular complexity index is 567. The molecule has 0 saturated heterocycles. The number of nitrogens with zero attached hydrogens (tertiary/aromatic N) is 3. The highest BCUT2D eigenvalue weighted by Gasteiger charge is 2.17. The van der Waals surface area contributed by atoms with E-state index in [1.807, 2.05) is 19.9 Å². The van der Waals surface area contributed by atoms with E-state index in [-0.39, 0.29) is 17.0 Å². The summed E-state index contributed by atoms with van der Waals surface area (Å²) in [4.78, 5) is 8.01. The predicted molar refractivity (Wildman–Crippen MR) is 70.6 cm³/mol. The van der Waals surface area contributed by atoms with Gasteiger partial charge in [-0.15, -0.1) is 0 Å². The molecule has 2 rings (SSSR count). The molecule has 3 N–H and O–H groups in total. The van der Waals surface area contributed by atoms with E-state index in [4.69, 9.17) is 21.9 Å². The molecule has 0 amide bonds. The number of nitrogens with one attached hydrogen (secondary N) is 1. The van der Waals surface area contributed by atoms with Crippen molar-refractivity contribution in [2.75, 3.05) is 18.1 Å². The minimum Gasteiger partial charge on any atom is -0.384 e. The van der Waals surface area contributed by atoms with Crippen LogP contribution in [0.5, 0.6) is 0 Å². The molecule has 2 aromatic heterocycles. The van der Waals surface area contributed by atoms with Crippen molar-refractivity contribution in [3.63, 3.8) is 0 Å². The Labute approximate surface area is 110 Å². The average Bonchev–Trinajstić information content (AvgIpc) is 2.77. The number of rotatable bonds is 3. The summed E-state index contributed by atoms with van der Waals surface area (Å²) in [6, 6.07) is 1.82. The van der Waals surface area contributed by atoms with Crippen LogP contribution in [0.1, 0.15) is 25.5 Å². The smallest absolute Gasteiger partial charge is 0.222 e. The maximum Gasteiger partial charge on any atom is 0.222 e. The van der Waals surface area contributed by atoms with Crippen molar-refractivity contribution in [1.29, 1.82) is 0 Å². The Hall–Kier alpha value is -1.82. The highest BCUT2D eigenvalue weighted by atomic mass is 35.5. The topological polar surface area (TPSA) is 89.9 Å². The van der Waals surface area contributed by atoms with Gasteiger partial charge in [0.2, 0.25) is 5.95 Å². The van der Waals surface area contributed by atoms with Gasteiger partial charge in [0.25, 0.3) is 0 Å². The van der Waals surface area contributed by atoms with E-state index in [1.54, 1.807) is 7.05 Å². The number of nitrogens with two attached hydrogens (primary N) is 1. The van der Waals surface area contributed by atoms with Gasteiger partial charge in [-0.1, -0.05) is 30.6 Å². The Morgan fingerprint density at radius 1 is 1.39 bits per heavy atom. The van der Waals surface area contributed by atoms with Crippen molar-refractivity contribution in [2.45, 2.75) is 19.8 Å². The van der Waals surface area contributed by atoms with Crippen LogP contribution >= 0.6 is 11.6 Å². The monoisotopic (exact) mass is 267 g/mol. The Morgan fingerprint density at radius 2 is 2.11 bits per heavy atom. The first kappa shape index (κ1) is 12.6. The fraction of sp³-hybridized carbons (Fsp3) is 0.364. The predicted octanol–water partition coefficient (Wildman–Crippen LogP) is 2.53. The van der Waals surface area contributed by atoms with Crippen LogP contribution < -0.4 is 11.1 Å². The van der Waals surface area contributed by atoms with Gasteiger partial charge in [-0.25, -0.2) is 4.98 Å². The molecule has 0 saturated carbocycles. The molecule has 0 atom stereocenters. The normalized spacial score (nSPS) is 10.9. The molecule has 0 aliphatic heterocycles. The minimum absolute atomic E-state index is 0.0940. The molecule has 7 heteroatoms. The van der Waals surface area contributed by atoms with Crippen LogP contribution in [0.3, 0.4) is 0 Å². The van der Waals surface area contributed by atoms with Gasteiger partial charge >= 0.3 is 0 Å². The van der Waals surface area contributed by atoms with Gasteiger partial charge in [-0.05, 0) is 5.92 Å². The van der Waals surface area contributed by atoms with Crippen LogP contribution in [-0.4, -0.2) is 22.2 Å². The van der Waals surface area contributed by atoms with Crippen LogP contribution in [0.4, 0.5) is 11.6 Å². The summed E-state index contributed by atoms with van der Waals surface area (Å²) in [6.07, 6.45) is 0. The number of aromatic nitrogens is 3. The molecule has 6 nitrogen and oxygen atoms in total. The molecule has 0 aliphatic rings. The molecule has 0 aliphatic carbocycles. The fourth-order valence-corrected chi connectivity index (χ4v) is 1.79. The average molecular weight is 268 g/mol. The van der Waals surface area contributed by atoms with Gasteiger partial charge in [0.1, 0.15) is 11.4 Å². The number of hydrogen-bond donors (Lipinski definition) is 2. The fourth-order valence-electron chi connectivity index (χ4n) is 1.52. The molecular weight excluding hydrogens is 254 g/mol. The first-order valence-electron chi connectivity index (χ1n) is 5.50. The SMILES string of the molecule is CNc1c(Cl)nc(N)nc1-c1cc(C(C)C)no1. The zero-order chi connectivity index (χ0) is 13.3. The van der Waals surface area contributed by atoms with E-state index in [0.717, 1.165) is 5.69 Å². The molecule has 96 valence electrons. The second kappa shape index (κ2) is 4.81. The summed E-state index contributed by atoms with van der Waals surface area (Å²) in [5.74, 6) is 0.880. The summed E-state index contributed by atoms with van der Waals surface area (Å²) >= 11 is 6.00. The zero-order valence-electron chi connectivity index (χ0n) is 10.4. The lowest BCUT2D eigenvalue weighted by Crippen LogP contribution is -2.02. The molecule has 0 spiro atoms. The summed E-state index contributed by atoms with van der Waals surface area (Å²) in [5, 5.41) is 7.16. The Balaban J connectivity index is 2.55. The van der Waals surface area contributed by atoms with Crippen LogP contribution in [0.15, 0.2) is 10.6 Å². The van der Waals surface area contributed by atoms with Crippen molar-refractivity contribution in [2.24, 2.45) is 0 Å². The van der Waals surface area contributed by atoms with Gasteiger partial charge in [0.15, 0.2) is 10.9 Å². The summed E-state index contributed by atoms with van der Waals surface area (Å²) < 4.78 is 5.27. The van der Waals surface area contributed by atoms with E-state index >= 15 is 0 Å². The van der Waals surface area contributed by atoms with Crippen LogP contribution in [0.2, 0.25) is 5.15 Å². The number of anilines is 2. The van der Waals surface area contributed by atoms with Gasteiger partial charge < -0.3 is 15.6 Å². The quantitative estimate of drug-likeness (QED) is 0.831. The number of halogens is 1. The second-order valence-electron chi connectivity index (χ2n) is 4.12. The van der Waals surface area contributed by atoms with Gasteiger partial charge in [-0.2, -0.15) is 4.98 Å². The van der Waals surface area contributed by atoms with Crippen molar-refractivity contribution < 1.29 is 4.52 Å². The van der Waals surface area contributed by atoms with Crippen molar-refractivity contribution in [3.05, 3.63) is 16.9 Å².